The molecule has 0 saturated carbocycles. The normalized spacial score (nSPS) is 11.8. The first-order chi connectivity index (χ1) is 8.56. The predicted molar refractivity (Wildman–Crippen MR) is 73.2 cm³/mol. The Morgan fingerprint density at radius 1 is 1.11 bits per heavy atom. The molecule has 0 aliphatic carbocycles. The molecule has 0 radical (unpaired) electrons. The summed E-state index contributed by atoms with van der Waals surface area (Å²) in [5.74, 6) is 1.06. The molecule has 1 aromatic carbocycles. The second-order valence-electron chi connectivity index (χ2n) is 3.46. The Hall–Kier alpha value is -0.490. The predicted octanol–water partition coefficient (Wildman–Crippen LogP) is 2.16. The van der Waals surface area contributed by atoms with Crippen molar-refractivity contribution >= 4 is 33.2 Å². The highest BCUT2D eigenvalue weighted by atomic mass is 35.5. The lowest BCUT2D eigenvalue weighted by Gasteiger charge is -2.20. The lowest BCUT2D eigenvalue weighted by Crippen LogP contribution is -2.34. The molecular formula is C11H15Cl2NO3S. The van der Waals surface area contributed by atoms with E-state index in [9.17, 15) is 8.42 Å². The molecule has 0 atom stereocenters. The van der Waals surface area contributed by atoms with Gasteiger partial charge < -0.3 is 4.74 Å². The van der Waals surface area contributed by atoms with Gasteiger partial charge >= 0.3 is 0 Å². The van der Waals surface area contributed by atoms with Gasteiger partial charge in [-0.1, -0.05) is 0 Å². The number of hydrogen-bond acceptors (Lipinski definition) is 3. The molecule has 1 rings (SSSR count). The van der Waals surface area contributed by atoms with Gasteiger partial charge in [0.15, 0.2) is 0 Å². The van der Waals surface area contributed by atoms with Crippen LogP contribution in [0.25, 0.3) is 0 Å². The van der Waals surface area contributed by atoms with Crippen LogP contribution < -0.4 is 4.74 Å². The maximum Gasteiger partial charge on any atom is 0.243 e. The van der Waals surface area contributed by atoms with Crippen molar-refractivity contribution in [3.63, 3.8) is 0 Å². The molecule has 18 heavy (non-hydrogen) atoms. The number of nitrogens with zero attached hydrogens (tertiary/aromatic N) is 1. The Morgan fingerprint density at radius 2 is 1.61 bits per heavy atom. The van der Waals surface area contributed by atoms with Gasteiger partial charge in [-0.3, -0.25) is 0 Å². The fourth-order valence-corrected chi connectivity index (χ4v) is 3.49. The highest BCUT2D eigenvalue weighted by molar-refractivity contribution is 7.89. The van der Waals surface area contributed by atoms with Crippen LogP contribution in [-0.2, 0) is 10.0 Å². The molecule has 0 fully saturated rings. The van der Waals surface area contributed by atoms with Crippen LogP contribution in [-0.4, -0.2) is 44.7 Å². The van der Waals surface area contributed by atoms with E-state index in [1.54, 1.807) is 12.1 Å². The first kappa shape index (κ1) is 15.6. The summed E-state index contributed by atoms with van der Waals surface area (Å²) in [6.07, 6.45) is 0. The van der Waals surface area contributed by atoms with Crippen LogP contribution in [0.2, 0.25) is 0 Å². The summed E-state index contributed by atoms with van der Waals surface area (Å²) >= 11 is 11.2. The van der Waals surface area contributed by atoms with E-state index in [1.165, 1.54) is 23.5 Å². The summed E-state index contributed by atoms with van der Waals surface area (Å²) in [5, 5.41) is 0. The maximum atomic E-state index is 12.3. The molecule has 0 aromatic heterocycles. The highest BCUT2D eigenvalue weighted by Gasteiger charge is 2.23. The van der Waals surface area contributed by atoms with Crippen LogP contribution in [0.3, 0.4) is 0 Å². The zero-order valence-electron chi connectivity index (χ0n) is 9.97. The number of halogens is 2. The molecule has 0 aliphatic heterocycles. The van der Waals surface area contributed by atoms with Gasteiger partial charge in [-0.2, -0.15) is 4.31 Å². The smallest absolute Gasteiger partial charge is 0.243 e. The topological polar surface area (TPSA) is 46.6 Å². The van der Waals surface area contributed by atoms with Crippen LogP contribution in [0.5, 0.6) is 5.75 Å². The molecule has 7 heteroatoms. The van der Waals surface area contributed by atoms with Crippen LogP contribution in [0, 0.1) is 0 Å². The minimum atomic E-state index is -3.54. The minimum absolute atomic E-state index is 0.207. The summed E-state index contributed by atoms with van der Waals surface area (Å²) < 4.78 is 30.8. The van der Waals surface area contributed by atoms with Crippen molar-refractivity contribution in [3.05, 3.63) is 24.3 Å². The van der Waals surface area contributed by atoms with E-state index in [0.29, 0.717) is 5.75 Å². The molecule has 0 aliphatic rings. The molecule has 0 unspecified atom stereocenters. The fraction of sp³-hybridized carbons (Fsp3) is 0.455. The molecule has 0 saturated heterocycles. The van der Waals surface area contributed by atoms with Crippen molar-refractivity contribution in [2.75, 3.05) is 32.0 Å². The van der Waals surface area contributed by atoms with Gasteiger partial charge in [0.2, 0.25) is 10.0 Å². The van der Waals surface area contributed by atoms with Crippen LogP contribution in [0.4, 0.5) is 0 Å². The maximum absolute atomic E-state index is 12.3. The van der Waals surface area contributed by atoms with Gasteiger partial charge in [-0.15, -0.1) is 23.2 Å². The quantitative estimate of drug-likeness (QED) is 0.725. The first-order valence-corrected chi connectivity index (χ1v) is 7.83. The molecule has 0 bridgehead atoms. The summed E-state index contributed by atoms with van der Waals surface area (Å²) in [6, 6.07) is 6.21. The molecule has 0 amide bonds. The summed E-state index contributed by atoms with van der Waals surface area (Å²) in [5.41, 5.74) is 0. The molecule has 1 aromatic rings. The molecule has 0 heterocycles. The SMILES string of the molecule is COc1ccc(S(=O)(=O)N(CCCl)CCCl)cc1. The largest absolute Gasteiger partial charge is 0.497 e. The number of ether oxygens (including phenoxy) is 1. The number of benzene rings is 1. The minimum Gasteiger partial charge on any atom is -0.497 e. The van der Waals surface area contributed by atoms with Gasteiger partial charge in [0, 0.05) is 24.8 Å². The number of alkyl halides is 2. The summed E-state index contributed by atoms with van der Waals surface area (Å²) in [7, 11) is -2.02. The van der Waals surface area contributed by atoms with Crippen molar-refractivity contribution in [2.45, 2.75) is 4.90 Å². The third-order valence-electron chi connectivity index (χ3n) is 2.37. The average molecular weight is 312 g/mol. The van der Waals surface area contributed by atoms with E-state index in [0.717, 1.165) is 0 Å². The molecule has 4 nitrogen and oxygen atoms in total. The molecule has 102 valence electrons. The van der Waals surface area contributed by atoms with Crippen molar-refractivity contribution < 1.29 is 13.2 Å². The van der Waals surface area contributed by atoms with Crippen molar-refractivity contribution in [2.24, 2.45) is 0 Å². The third-order valence-corrected chi connectivity index (χ3v) is 4.62. The van der Waals surface area contributed by atoms with Gasteiger partial charge in [-0.25, -0.2) is 8.42 Å². The monoisotopic (exact) mass is 311 g/mol. The Balaban J connectivity index is 3.01. The average Bonchev–Trinajstić information content (AvgIpc) is 2.38. The second kappa shape index (κ2) is 7.19. The van der Waals surface area contributed by atoms with Gasteiger partial charge in [0.1, 0.15) is 5.75 Å². The zero-order chi connectivity index (χ0) is 13.6. The fourth-order valence-electron chi connectivity index (χ4n) is 1.44. The number of methoxy groups -OCH3 is 1. The molecular weight excluding hydrogens is 297 g/mol. The lowest BCUT2D eigenvalue weighted by atomic mass is 10.3. The molecule has 0 N–H and O–H groups in total. The standard InChI is InChI=1S/C11H15Cl2NO3S/c1-17-10-2-4-11(5-3-10)18(15,16)14(8-6-12)9-7-13/h2-5H,6-9H2,1H3. The number of hydrogen-bond donors (Lipinski definition) is 0. The van der Waals surface area contributed by atoms with Gasteiger partial charge in [0.25, 0.3) is 0 Å². The second-order valence-corrected chi connectivity index (χ2v) is 6.15. The Labute approximate surface area is 117 Å². The summed E-state index contributed by atoms with van der Waals surface area (Å²) in [6.45, 7) is 0.477. The van der Waals surface area contributed by atoms with E-state index < -0.39 is 10.0 Å². The number of rotatable bonds is 7. The third kappa shape index (κ3) is 3.75. The number of sulfonamides is 1. The zero-order valence-corrected chi connectivity index (χ0v) is 12.3. The van der Waals surface area contributed by atoms with E-state index in [4.69, 9.17) is 27.9 Å². The lowest BCUT2D eigenvalue weighted by molar-refractivity contribution is 0.414. The molecule has 0 spiro atoms. The van der Waals surface area contributed by atoms with E-state index in [-0.39, 0.29) is 29.7 Å². The highest BCUT2D eigenvalue weighted by Crippen LogP contribution is 2.19. The van der Waals surface area contributed by atoms with Crippen molar-refractivity contribution in [3.8, 4) is 5.75 Å². The van der Waals surface area contributed by atoms with Crippen LogP contribution in [0.15, 0.2) is 29.2 Å². The van der Waals surface area contributed by atoms with Crippen LogP contribution >= 0.6 is 23.2 Å². The van der Waals surface area contributed by atoms with E-state index in [1.807, 2.05) is 0 Å². The van der Waals surface area contributed by atoms with E-state index >= 15 is 0 Å². The van der Waals surface area contributed by atoms with Crippen molar-refractivity contribution in [1.82, 2.24) is 4.31 Å². The Kier molecular flexibility index (Phi) is 6.21. The first-order valence-electron chi connectivity index (χ1n) is 5.32. The van der Waals surface area contributed by atoms with Crippen molar-refractivity contribution in [1.29, 1.82) is 0 Å². The van der Waals surface area contributed by atoms with Gasteiger partial charge in [0.05, 0.1) is 12.0 Å². The van der Waals surface area contributed by atoms with Crippen LogP contribution in [0.1, 0.15) is 0 Å². The summed E-state index contributed by atoms with van der Waals surface area (Å²) in [4.78, 5) is 0.207. The van der Waals surface area contributed by atoms with Gasteiger partial charge in [-0.05, 0) is 24.3 Å². The van der Waals surface area contributed by atoms with E-state index in [2.05, 4.69) is 0 Å². The Morgan fingerprint density at radius 3 is 2.00 bits per heavy atom. The Bertz CT molecular complexity index is 456.